The van der Waals surface area contributed by atoms with E-state index in [9.17, 15) is 4.79 Å². The van der Waals surface area contributed by atoms with Crippen LogP contribution in [0.5, 0.6) is 0 Å². The van der Waals surface area contributed by atoms with Gasteiger partial charge in [-0.25, -0.2) is 0 Å². The summed E-state index contributed by atoms with van der Waals surface area (Å²) >= 11 is 5.21. The van der Waals surface area contributed by atoms with E-state index in [1.165, 1.54) is 9.75 Å². The number of hydrogen-bond acceptors (Lipinski definition) is 2. The Bertz CT molecular complexity index is 357. The molecule has 0 fully saturated rings. The molecule has 0 saturated carbocycles. The molecule has 1 atom stereocenters. The van der Waals surface area contributed by atoms with Crippen LogP contribution in [0.3, 0.4) is 0 Å². The molecule has 0 aliphatic rings. The molecule has 0 spiro atoms. The zero-order chi connectivity index (χ0) is 10.9. The van der Waals surface area contributed by atoms with Gasteiger partial charge in [0.1, 0.15) is 0 Å². The molecule has 1 aromatic rings. The molecular weight excluding hydrogens is 264 g/mol. The number of rotatable bonds is 3. The van der Waals surface area contributed by atoms with Crippen LogP contribution in [-0.2, 0) is 11.2 Å². The van der Waals surface area contributed by atoms with Gasteiger partial charge in [0.2, 0.25) is 0 Å². The van der Waals surface area contributed by atoms with Gasteiger partial charge in [0.05, 0.1) is 5.92 Å². The van der Waals surface area contributed by atoms with Crippen LogP contribution in [-0.4, -0.2) is 11.1 Å². The first-order valence-electron chi connectivity index (χ1n) is 4.40. The zero-order valence-corrected chi connectivity index (χ0v) is 10.8. The van der Waals surface area contributed by atoms with Crippen molar-refractivity contribution in [3.8, 4) is 0 Å². The lowest BCUT2D eigenvalue weighted by Gasteiger charge is -2.06. The normalized spacial score (nSPS) is 12.9. The number of carboxylic acid groups (broad SMARTS) is 1. The Kier molecular flexibility index (Phi) is 3.72. The van der Waals surface area contributed by atoms with Gasteiger partial charge in [-0.15, -0.1) is 11.3 Å². The number of hydrogen-bond donors (Lipinski definition) is 1. The molecule has 1 aromatic heterocycles. The topological polar surface area (TPSA) is 37.3 Å². The summed E-state index contributed by atoms with van der Waals surface area (Å²) in [5, 5.41) is 8.82. The number of carboxylic acids is 1. The first kappa shape index (κ1) is 11.7. The second kappa shape index (κ2) is 4.45. The summed E-state index contributed by atoms with van der Waals surface area (Å²) in [6.07, 6.45) is 0.603. The second-order valence-corrected chi connectivity index (χ2v) is 5.67. The van der Waals surface area contributed by atoms with Crippen molar-refractivity contribution < 1.29 is 9.90 Å². The maximum Gasteiger partial charge on any atom is 0.306 e. The summed E-state index contributed by atoms with van der Waals surface area (Å²) < 4.78 is 1.08. The smallest absolute Gasteiger partial charge is 0.306 e. The van der Waals surface area contributed by atoms with Gasteiger partial charge in [0.25, 0.3) is 0 Å². The summed E-state index contributed by atoms with van der Waals surface area (Å²) in [6, 6.07) is 0. The monoisotopic (exact) mass is 276 g/mol. The minimum Gasteiger partial charge on any atom is -0.481 e. The molecule has 1 N–H and O–H groups in total. The van der Waals surface area contributed by atoms with E-state index < -0.39 is 5.97 Å². The van der Waals surface area contributed by atoms with Crippen LogP contribution in [0.1, 0.15) is 22.2 Å². The Balaban J connectivity index is 2.91. The van der Waals surface area contributed by atoms with E-state index >= 15 is 0 Å². The van der Waals surface area contributed by atoms with E-state index in [1.807, 2.05) is 13.8 Å². The minimum atomic E-state index is -0.736. The van der Waals surface area contributed by atoms with Crippen LogP contribution >= 0.6 is 27.3 Å². The zero-order valence-electron chi connectivity index (χ0n) is 8.43. The van der Waals surface area contributed by atoms with Crippen molar-refractivity contribution in [1.29, 1.82) is 0 Å². The standard InChI is InChI=1S/C10H13BrO2S/c1-5(10(12)13)4-8-6(2)14-7(3)9(8)11/h5H,4H2,1-3H3,(H,12,13). The van der Waals surface area contributed by atoms with Crippen molar-refractivity contribution in [2.45, 2.75) is 27.2 Å². The molecule has 0 aromatic carbocycles. The van der Waals surface area contributed by atoms with Gasteiger partial charge in [-0.05, 0) is 41.8 Å². The van der Waals surface area contributed by atoms with Gasteiger partial charge in [-0.2, -0.15) is 0 Å². The van der Waals surface area contributed by atoms with Crippen LogP contribution in [0, 0.1) is 19.8 Å². The fourth-order valence-electron chi connectivity index (χ4n) is 1.33. The minimum absolute atomic E-state index is 0.320. The molecule has 1 rings (SSSR count). The van der Waals surface area contributed by atoms with Crippen LogP contribution < -0.4 is 0 Å². The Morgan fingerprint density at radius 2 is 2.07 bits per heavy atom. The van der Waals surface area contributed by atoms with E-state index in [-0.39, 0.29) is 5.92 Å². The van der Waals surface area contributed by atoms with E-state index in [1.54, 1.807) is 18.3 Å². The SMILES string of the molecule is Cc1sc(C)c(CC(C)C(=O)O)c1Br. The summed E-state index contributed by atoms with van der Waals surface area (Å²) in [7, 11) is 0. The van der Waals surface area contributed by atoms with Crippen LogP contribution in [0.15, 0.2) is 4.47 Å². The molecule has 1 unspecified atom stereocenters. The maximum absolute atomic E-state index is 10.7. The molecule has 14 heavy (non-hydrogen) atoms. The molecule has 0 aliphatic heterocycles. The van der Waals surface area contributed by atoms with Crippen molar-refractivity contribution >= 4 is 33.2 Å². The molecule has 0 amide bonds. The molecule has 0 radical (unpaired) electrons. The number of thiophene rings is 1. The molecule has 0 aliphatic carbocycles. The number of aliphatic carboxylic acids is 1. The first-order valence-corrected chi connectivity index (χ1v) is 6.01. The van der Waals surface area contributed by atoms with Gasteiger partial charge in [-0.1, -0.05) is 6.92 Å². The van der Waals surface area contributed by atoms with Crippen molar-refractivity contribution in [2.24, 2.45) is 5.92 Å². The fourth-order valence-corrected chi connectivity index (χ4v) is 3.14. The Hall–Kier alpha value is -0.350. The van der Waals surface area contributed by atoms with Gasteiger partial charge >= 0.3 is 5.97 Å². The van der Waals surface area contributed by atoms with Gasteiger partial charge in [-0.3, -0.25) is 4.79 Å². The Morgan fingerprint density at radius 1 is 1.50 bits per heavy atom. The molecule has 4 heteroatoms. The van der Waals surface area contributed by atoms with E-state index in [0.717, 1.165) is 10.0 Å². The van der Waals surface area contributed by atoms with E-state index in [2.05, 4.69) is 15.9 Å². The van der Waals surface area contributed by atoms with Gasteiger partial charge in [0, 0.05) is 14.2 Å². The summed E-state index contributed by atoms with van der Waals surface area (Å²) in [4.78, 5) is 13.1. The quantitative estimate of drug-likeness (QED) is 0.919. The summed E-state index contributed by atoms with van der Waals surface area (Å²) in [5.41, 5.74) is 1.14. The highest BCUT2D eigenvalue weighted by molar-refractivity contribution is 9.10. The molecule has 1 heterocycles. The average molecular weight is 277 g/mol. The van der Waals surface area contributed by atoms with Crippen molar-refractivity contribution in [2.75, 3.05) is 0 Å². The van der Waals surface area contributed by atoms with E-state index in [4.69, 9.17) is 5.11 Å². The molecule has 0 bridgehead atoms. The summed E-state index contributed by atoms with van der Waals surface area (Å²) in [6.45, 7) is 5.81. The average Bonchev–Trinajstić information content (AvgIpc) is 2.32. The third-order valence-corrected chi connectivity index (χ3v) is 4.64. The maximum atomic E-state index is 10.7. The van der Waals surface area contributed by atoms with Gasteiger partial charge < -0.3 is 5.11 Å². The highest BCUT2D eigenvalue weighted by atomic mass is 79.9. The summed E-state index contributed by atoms with van der Waals surface area (Å²) in [5.74, 6) is -1.06. The fraction of sp³-hybridized carbons (Fsp3) is 0.500. The van der Waals surface area contributed by atoms with Crippen molar-refractivity contribution in [1.82, 2.24) is 0 Å². The van der Waals surface area contributed by atoms with Gasteiger partial charge in [0.15, 0.2) is 0 Å². The van der Waals surface area contributed by atoms with Crippen LogP contribution in [0.2, 0.25) is 0 Å². The largest absolute Gasteiger partial charge is 0.481 e. The Labute approximate surface area is 96.1 Å². The molecular formula is C10H13BrO2S. The first-order chi connectivity index (χ1) is 6.43. The lowest BCUT2D eigenvalue weighted by Crippen LogP contribution is -2.12. The van der Waals surface area contributed by atoms with E-state index in [0.29, 0.717) is 6.42 Å². The molecule has 2 nitrogen and oxygen atoms in total. The molecule has 0 saturated heterocycles. The Morgan fingerprint density at radius 3 is 2.43 bits per heavy atom. The van der Waals surface area contributed by atoms with Crippen LogP contribution in [0.25, 0.3) is 0 Å². The third-order valence-electron chi connectivity index (χ3n) is 2.24. The number of halogens is 1. The van der Waals surface area contributed by atoms with Crippen molar-refractivity contribution in [3.63, 3.8) is 0 Å². The predicted molar refractivity (Wildman–Crippen MR) is 62.0 cm³/mol. The predicted octanol–water partition coefficient (Wildman–Crippen LogP) is 3.39. The lowest BCUT2D eigenvalue weighted by molar-refractivity contribution is -0.141. The second-order valence-electron chi connectivity index (χ2n) is 3.45. The van der Waals surface area contributed by atoms with Crippen LogP contribution in [0.4, 0.5) is 0 Å². The van der Waals surface area contributed by atoms with Crippen molar-refractivity contribution in [3.05, 3.63) is 19.8 Å². The molecule has 78 valence electrons. The number of aryl methyl sites for hydroxylation is 2. The lowest BCUT2D eigenvalue weighted by atomic mass is 10.0. The third kappa shape index (κ3) is 2.36. The number of carbonyl (C=O) groups is 1. The highest BCUT2D eigenvalue weighted by Gasteiger charge is 2.17. The highest BCUT2D eigenvalue weighted by Crippen LogP contribution is 2.33.